The van der Waals surface area contributed by atoms with Crippen LogP contribution in [0.2, 0.25) is 0 Å². The van der Waals surface area contributed by atoms with Crippen molar-refractivity contribution in [3.8, 4) is 0 Å². The van der Waals surface area contributed by atoms with Gasteiger partial charge in [-0.15, -0.1) is 11.3 Å². The fraction of sp³-hybridized carbons (Fsp3) is 0.438. The molecule has 0 aliphatic carbocycles. The number of piperazine rings is 1. The summed E-state index contributed by atoms with van der Waals surface area (Å²) in [4.78, 5) is 5.51. The maximum atomic E-state index is 5.75. The molecule has 0 bridgehead atoms. The molecular formula is C16H21N3S2. The van der Waals surface area contributed by atoms with Gasteiger partial charge in [0.25, 0.3) is 0 Å². The van der Waals surface area contributed by atoms with Crippen LogP contribution in [0.3, 0.4) is 0 Å². The molecule has 1 fully saturated rings. The number of hydrogen-bond donors (Lipinski definition) is 1. The van der Waals surface area contributed by atoms with Gasteiger partial charge < -0.3 is 5.73 Å². The van der Waals surface area contributed by atoms with Crippen LogP contribution in [0, 0.1) is 0 Å². The van der Waals surface area contributed by atoms with Crippen molar-refractivity contribution in [3.63, 3.8) is 0 Å². The highest BCUT2D eigenvalue weighted by atomic mass is 32.1. The first kappa shape index (κ1) is 14.9. The van der Waals surface area contributed by atoms with Crippen LogP contribution < -0.4 is 5.73 Å². The molecule has 112 valence electrons. The second kappa shape index (κ2) is 6.40. The van der Waals surface area contributed by atoms with Crippen LogP contribution in [0.1, 0.15) is 12.5 Å². The van der Waals surface area contributed by atoms with Gasteiger partial charge >= 0.3 is 0 Å². The molecule has 1 unspecified atom stereocenters. The lowest BCUT2D eigenvalue weighted by molar-refractivity contribution is 0.118. The number of nitrogens with two attached hydrogens (primary N) is 1. The summed E-state index contributed by atoms with van der Waals surface area (Å²) in [5, 5.41) is 3.70. The van der Waals surface area contributed by atoms with E-state index in [1.54, 1.807) is 0 Å². The summed E-state index contributed by atoms with van der Waals surface area (Å²) < 4.78 is 1.38. The zero-order chi connectivity index (χ0) is 14.8. The van der Waals surface area contributed by atoms with Crippen LogP contribution in [-0.4, -0.2) is 47.0 Å². The Labute approximate surface area is 135 Å². The van der Waals surface area contributed by atoms with Gasteiger partial charge in [0.2, 0.25) is 0 Å². The van der Waals surface area contributed by atoms with Gasteiger partial charge in [0.1, 0.15) is 0 Å². The Morgan fingerprint density at radius 3 is 2.71 bits per heavy atom. The van der Waals surface area contributed by atoms with Crippen LogP contribution in [0.5, 0.6) is 0 Å². The molecule has 0 spiro atoms. The zero-order valence-corrected chi connectivity index (χ0v) is 13.9. The number of rotatable bonds is 4. The van der Waals surface area contributed by atoms with Crippen molar-refractivity contribution in [2.75, 3.05) is 26.2 Å². The van der Waals surface area contributed by atoms with E-state index in [0.717, 1.165) is 32.7 Å². The van der Waals surface area contributed by atoms with Gasteiger partial charge in [-0.2, -0.15) is 0 Å². The van der Waals surface area contributed by atoms with Crippen LogP contribution >= 0.6 is 23.6 Å². The second-order valence-corrected chi connectivity index (χ2v) is 7.03. The Hall–Kier alpha value is -1.01. The largest absolute Gasteiger partial charge is 0.392 e. The van der Waals surface area contributed by atoms with Gasteiger partial charge in [-0.25, -0.2) is 0 Å². The standard InChI is InChI=1S/C16H21N3S2/c1-12(16(17)20)19-8-6-18(7-9-19)10-13-11-21-15-5-3-2-4-14(13)15/h2-5,11-12H,6-10H2,1H3,(H2,17,20). The van der Waals surface area contributed by atoms with Crippen molar-refractivity contribution < 1.29 is 0 Å². The summed E-state index contributed by atoms with van der Waals surface area (Å²) in [6.07, 6.45) is 0. The van der Waals surface area contributed by atoms with Gasteiger partial charge in [-0.1, -0.05) is 30.4 Å². The molecular weight excluding hydrogens is 298 g/mol. The number of thiophene rings is 1. The van der Waals surface area contributed by atoms with E-state index in [-0.39, 0.29) is 6.04 Å². The monoisotopic (exact) mass is 319 g/mol. The summed E-state index contributed by atoms with van der Waals surface area (Å²) in [5.74, 6) is 0. The highest BCUT2D eigenvalue weighted by Gasteiger charge is 2.22. The van der Waals surface area contributed by atoms with Crippen molar-refractivity contribution in [3.05, 3.63) is 35.2 Å². The smallest absolute Gasteiger partial charge is 0.0899 e. The first-order valence-corrected chi connectivity index (χ1v) is 8.65. The second-order valence-electron chi connectivity index (χ2n) is 5.65. The summed E-state index contributed by atoms with van der Waals surface area (Å²) in [6.45, 7) is 7.39. The Morgan fingerprint density at radius 2 is 2.00 bits per heavy atom. The third kappa shape index (κ3) is 3.26. The van der Waals surface area contributed by atoms with Crippen molar-refractivity contribution in [2.24, 2.45) is 5.73 Å². The first-order chi connectivity index (χ1) is 10.1. The zero-order valence-electron chi connectivity index (χ0n) is 12.3. The molecule has 2 aromatic rings. The third-order valence-corrected chi connectivity index (χ3v) is 5.67. The minimum atomic E-state index is 0.212. The van der Waals surface area contributed by atoms with Gasteiger partial charge in [0, 0.05) is 37.4 Å². The Morgan fingerprint density at radius 1 is 1.29 bits per heavy atom. The first-order valence-electron chi connectivity index (χ1n) is 7.36. The minimum absolute atomic E-state index is 0.212. The number of benzene rings is 1. The fourth-order valence-corrected chi connectivity index (χ4v) is 3.99. The van der Waals surface area contributed by atoms with Crippen LogP contribution in [0.15, 0.2) is 29.6 Å². The topological polar surface area (TPSA) is 32.5 Å². The average Bonchev–Trinajstić information content (AvgIpc) is 2.91. The van der Waals surface area contributed by atoms with Crippen molar-refractivity contribution in [2.45, 2.75) is 19.5 Å². The van der Waals surface area contributed by atoms with E-state index in [9.17, 15) is 0 Å². The molecule has 1 saturated heterocycles. The van der Waals surface area contributed by atoms with Gasteiger partial charge in [0.15, 0.2) is 0 Å². The summed E-state index contributed by atoms with van der Waals surface area (Å²) in [6, 6.07) is 8.88. The normalized spacial score (nSPS) is 18.9. The van der Waals surface area contributed by atoms with E-state index in [1.165, 1.54) is 15.6 Å². The Kier molecular flexibility index (Phi) is 4.54. The van der Waals surface area contributed by atoms with E-state index in [1.807, 2.05) is 11.3 Å². The summed E-state index contributed by atoms with van der Waals surface area (Å²) >= 11 is 6.94. The molecule has 1 aromatic heterocycles. The highest BCUT2D eigenvalue weighted by molar-refractivity contribution is 7.80. The lowest BCUT2D eigenvalue weighted by atomic mass is 10.1. The summed E-state index contributed by atoms with van der Waals surface area (Å²) in [7, 11) is 0. The molecule has 1 atom stereocenters. The molecule has 3 rings (SSSR count). The predicted molar refractivity (Wildman–Crippen MR) is 94.9 cm³/mol. The van der Waals surface area contributed by atoms with Gasteiger partial charge in [-0.05, 0) is 29.3 Å². The number of thiocarbonyl (C=S) groups is 1. The van der Waals surface area contributed by atoms with Gasteiger partial charge in [0.05, 0.1) is 11.0 Å². The molecule has 0 saturated carbocycles. The molecule has 0 radical (unpaired) electrons. The van der Waals surface area contributed by atoms with Gasteiger partial charge in [-0.3, -0.25) is 9.80 Å². The van der Waals surface area contributed by atoms with Crippen molar-refractivity contribution in [1.29, 1.82) is 0 Å². The minimum Gasteiger partial charge on any atom is -0.392 e. The molecule has 2 N–H and O–H groups in total. The summed E-state index contributed by atoms with van der Waals surface area (Å²) in [5.41, 5.74) is 7.20. The number of nitrogens with zero attached hydrogens (tertiary/aromatic N) is 2. The fourth-order valence-electron chi connectivity index (χ4n) is 2.88. The maximum absolute atomic E-state index is 5.75. The molecule has 1 aliphatic rings. The van der Waals surface area contributed by atoms with Crippen molar-refractivity contribution >= 4 is 38.6 Å². The van der Waals surface area contributed by atoms with Crippen LogP contribution in [-0.2, 0) is 6.54 Å². The lowest BCUT2D eigenvalue weighted by Gasteiger charge is -2.37. The predicted octanol–water partition coefficient (Wildman–Crippen LogP) is 2.69. The Bertz CT molecular complexity index is 629. The average molecular weight is 319 g/mol. The van der Waals surface area contributed by atoms with Crippen LogP contribution in [0.25, 0.3) is 10.1 Å². The number of hydrogen-bond acceptors (Lipinski definition) is 4. The van der Waals surface area contributed by atoms with E-state index in [2.05, 4.69) is 46.4 Å². The molecule has 1 aromatic carbocycles. The Balaban J connectivity index is 1.62. The molecule has 5 heteroatoms. The molecule has 3 nitrogen and oxygen atoms in total. The third-order valence-electron chi connectivity index (χ3n) is 4.32. The molecule has 0 amide bonds. The van der Waals surface area contributed by atoms with Crippen LogP contribution in [0.4, 0.5) is 0 Å². The van der Waals surface area contributed by atoms with E-state index >= 15 is 0 Å². The molecule has 21 heavy (non-hydrogen) atoms. The number of fused-ring (bicyclic) bond motifs is 1. The molecule has 2 heterocycles. The SMILES string of the molecule is CC(C(N)=S)N1CCN(Cc2csc3ccccc23)CC1. The van der Waals surface area contributed by atoms with Crippen molar-refractivity contribution in [1.82, 2.24) is 9.80 Å². The quantitative estimate of drug-likeness (QED) is 0.878. The van der Waals surface area contributed by atoms with E-state index in [0.29, 0.717) is 4.99 Å². The highest BCUT2D eigenvalue weighted by Crippen LogP contribution is 2.27. The maximum Gasteiger partial charge on any atom is 0.0899 e. The molecule has 1 aliphatic heterocycles. The lowest BCUT2D eigenvalue weighted by Crippen LogP contribution is -2.52. The van der Waals surface area contributed by atoms with E-state index < -0.39 is 0 Å². The van der Waals surface area contributed by atoms with E-state index in [4.69, 9.17) is 18.0 Å².